The van der Waals surface area contributed by atoms with E-state index in [0.717, 1.165) is 5.92 Å². The Balaban J connectivity index is 2.20. The van der Waals surface area contributed by atoms with Crippen LogP contribution >= 0.6 is 0 Å². The second-order valence-corrected chi connectivity index (χ2v) is 2.95. The van der Waals surface area contributed by atoms with Crippen LogP contribution in [-0.2, 0) is 0 Å². The second kappa shape index (κ2) is 1.61. The Morgan fingerprint density at radius 3 is 3.25 bits per heavy atom. The van der Waals surface area contributed by atoms with Gasteiger partial charge in [-0.15, -0.1) is 0 Å². The molecule has 0 aromatic rings. The van der Waals surface area contributed by atoms with Crippen molar-refractivity contribution in [1.82, 2.24) is 0 Å². The summed E-state index contributed by atoms with van der Waals surface area (Å²) >= 11 is 0. The van der Waals surface area contributed by atoms with E-state index in [1.165, 1.54) is 32.1 Å². The minimum absolute atomic E-state index is 1.04. The number of hydrogen-bond donors (Lipinski definition) is 0. The molecule has 1 atom stereocenters. The highest BCUT2D eigenvalue weighted by Gasteiger charge is 2.23. The zero-order valence-corrected chi connectivity index (χ0v) is 5.19. The Hall–Kier alpha value is -0.260. The highest BCUT2D eigenvalue weighted by molar-refractivity contribution is 5.15. The van der Waals surface area contributed by atoms with Crippen molar-refractivity contribution in [2.75, 3.05) is 0 Å². The van der Waals surface area contributed by atoms with Crippen LogP contribution < -0.4 is 0 Å². The fourth-order valence-corrected chi connectivity index (χ4v) is 2.01. The SMILES string of the molecule is C1=C2CCCC2CC1. The van der Waals surface area contributed by atoms with Crippen molar-refractivity contribution in [3.05, 3.63) is 11.6 Å². The maximum atomic E-state index is 2.46. The molecule has 0 N–H and O–H groups in total. The smallest absolute Gasteiger partial charge is 0.0200 e. The van der Waals surface area contributed by atoms with Crippen molar-refractivity contribution in [3.63, 3.8) is 0 Å². The van der Waals surface area contributed by atoms with E-state index >= 15 is 0 Å². The second-order valence-electron chi connectivity index (χ2n) is 2.95. The highest BCUT2D eigenvalue weighted by Crippen LogP contribution is 2.38. The van der Waals surface area contributed by atoms with Gasteiger partial charge in [-0.3, -0.25) is 0 Å². The monoisotopic (exact) mass is 108 g/mol. The predicted octanol–water partition coefficient (Wildman–Crippen LogP) is 2.51. The normalized spacial score (nSPS) is 35.0. The fourth-order valence-electron chi connectivity index (χ4n) is 2.01. The molecule has 2 rings (SSSR count). The Labute approximate surface area is 50.6 Å². The number of allylic oxidation sites excluding steroid dienone is 2. The molecule has 0 saturated heterocycles. The Morgan fingerprint density at radius 1 is 1.38 bits per heavy atom. The van der Waals surface area contributed by atoms with E-state index in [2.05, 4.69) is 6.08 Å². The van der Waals surface area contributed by atoms with Gasteiger partial charge in [0.25, 0.3) is 0 Å². The molecule has 8 heavy (non-hydrogen) atoms. The summed E-state index contributed by atoms with van der Waals surface area (Å²) in [5, 5.41) is 0. The zero-order chi connectivity index (χ0) is 5.40. The van der Waals surface area contributed by atoms with Gasteiger partial charge in [-0.2, -0.15) is 0 Å². The average Bonchev–Trinajstić information content (AvgIpc) is 2.15. The van der Waals surface area contributed by atoms with E-state index in [4.69, 9.17) is 0 Å². The van der Waals surface area contributed by atoms with Crippen molar-refractivity contribution in [2.24, 2.45) is 5.92 Å². The predicted molar refractivity (Wildman–Crippen MR) is 34.7 cm³/mol. The molecule has 2 aliphatic carbocycles. The summed E-state index contributed by atoms with van der Waals surface area (Å²) in [6.45, 7) is 0. The molecule has 1 fully saturated rings. The average molecular weight is 108 g/mol. The van der Waals surface area contributed by atoms with Crippen LogP contribution in [0.3, 0.4) is 0 Å². The molecule has 0 aromatic heterocycles. The minimum Gasteiger partial charge on any atom is -0.0850 e. The van der Waals surface area contributed by atoms with Crippen molar-refractivity contribution in [1.29, 1.82) is 0 Å². The van der Waals surface area contributed by atoms with Crippen LogP contribution in [0.4, 0.5) is 0 Å². The van der Waals surface area contributed by atoms with Gasteiger partial charge in [-0.1, -0.05) is 11.6 Å². The van der Waals surface area contributed by atoms with Gasteiger partial charge in [0.2, 0.25) is 0 Å². The first-order valence-electron chi connectivity index (χ1n) is 3.66. The number of rotatable bonds is 0. The molecule has 0 radical (unpaired) electrons. The topological polar surface area (TPSA) is 0 Å². The van der Waals surface area contributed by atoms with Gasteiger partial charge in [-0.25, -0.2) is 0 Å². The number of hydrogen-bond acceptors (Lipinski definition) is 0. The summed E-state index contributed by atoms with van der Waals surface area (Å²) in [6.07, 6.45) is 9.68. The third-order valence-electron chi connectivity index (χ3n) is 2.46. The lowest BCUT2D eigenvalue weighted by Gasteiger charge is -1.99. The largest absolute Gasteiger partial charge is 0.0850 e. The first-order chi connectivity index (χ1) is 3.97. The van der Waals surface area contributed by atoms with Crippen molar-refractivity contribution in [2.45, 2.75) is 32.1 Å². The summed E-state index contributed by atoms with van der Waals surface area (Å²) in [5.41, 5.74) is 1.78. The van der Waals surface area contributed by atoms with Crippen molar-refractivity contribution < 1.29 is 0 Å². The van der Waals surface area contributed by atoms with Crippen LogP contribution in [0.15, 0.2) is 11.6 Å². The number of fused-ring (bicyclic) bond motifs is 1. The first-order valence-corrected chi connectivity index (χ1v) is 3.66. The molecule has 1 saturated carbocycles. The van der Waals surface area contributed by atoms with E-state index in [-0.39, 0.29) is 0 Å². The molecule has 0 aromatic carbocycles. The van der Waals surface area contributed by atoms with Crippen LogP contribution in [0, 0.1) is 5.92 Å². The third-order valence-corrected chi connectivity index (χ3v) is 2.46. The Bertz CT molecular complexity index is 122. The van der Waals surface area contributed by atoms with Gasteiger partial charge in [0.1, 0.15) is 0 Å². The van der Waals surface area contributed by atoms with Crippen LogP contribution in [0.25, 0.3) is 0 Å². The van der Waals surface area contributed by atoms with Gasteiger partial charge in [-0.05, 0) is 38.0 Å². The molecule has 44 valence electrons. The lowest BCUT2D eigenvalue weighted by atomic mass is 10.1. The van der Waals surface area contributed by atoms with Gasteiger partial charge in [0.15, 0.2) is 0 Å². The maximum Gasteiger partial charge on any atom is -0.0200 e. The van der Waals surface area contributed by atoms with Crippen LogP contribution in [-0.4, -0.2) is 0 Å². The first kappa shape index (κ1) is 4.60. The molecule has 0 aliphatic heterocycles. The minimum atomic E-state index is 1.04. The van der Waals surface area contributed by atoms with E-state index in [9.17, 15) is 0 Å². The highest BCUT2D eigenvalue weighted by atomic mass is 14.3. The zero-order valence-electron chi connectivity index (χ0n) is 5.19. The molecule has 2 aliphatic rings. The van der Waals surface area contributed by atoms with Gasteiger partial charge in [0, 0.05) is 0 Å². The summed E-state index contributed by atoms with van der Waals surface area (Å²) in [4.78, 5) is 0. The Kier molecular flexibility index (Phi) is 0.927. The molecule has 0 spiro atoms. The summed E-state index contributed by atoms with van der Waals surface area (Å²) < 4.78 is 0. The molecule has 0 heteroatoms. The molecular formula is C8H12. The molecule has 1 unspecified atom stereocenters. The van der Waals surface area contributed by atoms with Gasteiger partial charge in [0.05, 0.1) is 0 Å². The van der Waals surface area contributed by atoms with E-state index in [1.54, 1.807) is 5.57 Å². The lowest BCUT2D eigenvalue weighted by Crippen LogP contribution is -1.86. The van der Waals surface area contributed by atoms with Crippen LogP contribution in [0.2, 0.25) is 0 Å². The third kappa shape index (κ3) is 0.521. The van der Waals surface area contributed by atoms with Gasteiger partial charge < -0.3 is 0 Å². The summed E-state index contributed by atoms with van der Waals surface area (Å²) in [6, 6.07) is 0. The van der Waals surface area contributed by atoms with Crippen LogP contribution in [0.5, 0.6) is 0 Å². The quantitative estimate of drug-likeness (QED) is 0.418. The molecular weight excluding hydrogens is 96.1 g/mol. The molecule has 0 amide bonds. The van der Waals surface area contributed by atoms with E-state index in [1.807, 2.05) is 0 Å². The van der Waals surface area contributed by atoms with Crippen molar-refractivity contribution >= 4 is 0 Å². The Morgan fingerprint density at radius 2 is 2.38 bits per heavy atom. The summed E-state index contributed by atoms with van der Waals surface area (Å²) in [7, 11) is 0. The van der Waals surface area contributed by atoms with Gasteiger partial charge >= 0.3 is 0 Å². The maximum absolute atomic E-state index is 2.46. The molecule has 0 nitrogen and oxygen atoms in total. The van der Waals surface area contributed by atoms with E-state index in [0.29, 0.717) is 0 Å². The van der Waals surface area contributed by atoms with Crippen molar-refractivity contribution in [3.8, 4) is 0 Å². The molecule has 0 heterocycles. The standard InChI is InChI=1S/C8H12/c1-3-7-5-2-6-8(7)4-1/h3,8H,1-2,4-6H2. The lowest BCUT2D eigenvalue weighted by molar-refractivity contribution is 0.610. The molecule has 0 bridgehead atoms. The fraction of sp³-hybridized carbons (Fsp3) is 0.750. The van der Waals surface area contributed by atoms with Crippen LogP contribution in [0.1, 0.15) is 32.1 Å². The van der Waals surface area contributed by atoms with E-state index < -0.39 is 0 Å². The summed E-state index contributed by atoms with van der Waals surface area (Å²) in [5.74, 6) is 1.04.